The molecule has 0 spiro atoms. The largest absolute Gasteiger partial charge is 0.353 e. The van der Waals surface area contributed by atoms with E-state index >= 15 is 0 Å². The van der Waals surface area contributed by atoms with Gasteiger partial charge >= 0.3 is 0 Å². The third kappa shape index (κ3) is 4.78. The lowest BCUT2D eigenvalue weighted by Gasteiger charge is -2.17. The van der Waals surface area contributed by atoms with Crippen LogP contribution in [-0.2, 0) is 10.5 Å². The molecule has 1 aromatic carbocycles. The Bertz CT molecular complexity index is 980. The highest BCUT2D eigenvalue weighted by Crippen LogP contribution is 2.30. The minimum Gasteiger partial charge on any atom is -0.353 e. The zero-order valence-electron chi connectivity index (χ0n) is 15.6. The van der Waals surface area contributed by atoms with Crippen molar-refractivity contribution < 1.29 is 4.79 Å². The number of aromatic nitrogens is 2. The molecule has 0 saturated heterocycles. The second kappa shape index (κ2) is 8.71. The van der Waals surface area contributed by atoms with Crippen LogP contribution in [0.25, 0.3) is 21.3 Å². The van der Waals surface area contributed by atoms with Crippen LogP contribution in [0.4, 0.5) is 0 Å². The molecule has 142 valence electrons. The average Bonchev–Trinajstić information content (AvgIpc) is 3.07. The first-order valence-electron chi connectivity index (χ1n) is 8.88. The number of H-pyrrole nitrogens is 1. The lowest BCUT2D eigenvalue weighted by Crippen LogP contribution is -2.37. The number of carbonyl (C=O) groups excluding carboxylic acids is 1. The standard InChI is InChI=1S/C20H23N3O2S2/c1-12(2)13(3)21-17(24)11-26-10-16-22-19(25)18-15(9-27-20(18)23-16)14-7-5-4-6-8-14/h4-9,12-13H,10-11H2,1-3H3,(H,21,24)(H,22,23,25)/t13-/m1/s1. The van der Waals surface area contributed by atoms with Gasteiger partial charge in [0.15, 0.2) is 0 Å². The van der Waals surface area contributed by atoms with Gasteiger partial charge in [0.25, 0.3) is 5.56 Å². The normalized spacial score (nSPS) is 12.4. The Labute approximate surface area is 166 Å². The summed E-state index contributed by atoms with van der Waals surface area (Å²) in [6.07, 6.45) is 0. The van der Waals surface area contributed by atoms with Crippen molar-refractivity contribution in [1.29, 1.82) is 0 Å². The highest BCUT2D eigenvalue weighted by atomic mass is 32.2. The molecule has 2 heterocycles. The molecule has 27 heavy (non-hydrogen) atoms. The lowest BCUT2D eigenvalue weighted by atomic mass is 10.1. The molecule has 1 atom stereocenters. The van der Waals surface area contributed by atoms with E-state index in [2.05, 4.69) is 29.1 Å². The molecule has 3 rings (SSSR count). The maximum Gasteiger partial charge on any atom is 0.260 e. The number of thiophene rings is 1. The van der Waals surface area contributed by atoms with Crippen LogP contribution in [-0.4, -0.2) is 27.7 Å². The number of aromatic amines is 1. The van der Waals surface area contributed by atoms with Crippen molar-refractivity contribution in [2.75, 3.05) is 5.75 Å². The van der Waals surface area contributed by atoms with E-state index in [-0.39, 0.29) is 17.5 Å². The van der Waals surface area contributed by atoms with Crippen molar-refractivity contribution >= 4 is 39.2 Å². The Morgan fingerprint density at radius 2 is 2.00 bits per heavy atom. The molecule has 2 N–H and O–H groups in total. The monoisotopic (exact) mass is 401 g/mol. The molecule has 0 bridgehead atoms. The Balaban J connectivity index is 1.69. The van der Waals surface area contributed by atoms with Crippen LogP contribution in [0.5, 0.6) is 0 Å². The van der Waals surface area contributed by atoms with Gasteiger partial charge in [0.05, 0.1) is 16.9 Å². The number of benzene rings is 1. The molecule has 5 nitrogen and oxygen atoms in total. The number of rotatable bonds is 7. The fraction of sp³-hybridized carbons (Fsp3) is 0.350. The maximum atomic E-state index is 12.6. The first kappa shape index (κ1) is 19.6. The maximum absolute atomic E-state index is 12.6. The van der Waals surface area contributed by atoms with Crippen LogP contribution in [0.2, 0.25) is 0 Å². The highest BCUT2D eigenvalue weighted by molar-refractivity contribution is 7.99. The van der Waals surface area contributed by atoms with E-state index in [1.807, 2.05) is 42.6 Å². The molecule has 0 fully saturated rings. The Morgan fingerprint density at radius 1 is 1.26 bits per heavy atom. The number of hydrogen-bond donors (Lipinski definition) is 2. The molecule has 0 aliphatic heterocycles. The molecule has 0 radical (unpaired) electrons. The second-order valence-corrected chi connectivity index (χ2v) is 8.64. The van der Waals surface area contributed by atoms with E-state index in [1.165, 1.54) is 23.1 Å². The molecule has 0 aliphatic carbocycles. The van der Waals surface area contributed by atoms with E-state index in [9.17, 15) is 9.59 Å². The minimum absolute atomic E-state index is 0.00659. The van der Waals surface area contributed by atoms with Gasteiger partial charge in [-0.2, -0.15) is 0 Å². The first-order valence-corrected chi connectivity index (χ1v) is 10.9. The van der Waals surface area contributed by atoms with Gasteiger partial charge < -0.3 is 10.3 Å². The van der Waals surface area contributed by atoms with Crippen LogP contribution >= 0.6 is 23.1 Å². The summed E-state index contributed by atoms with van der Waals surface area (Å²) in [5, 5.41) is 5.58. The van der Waals surface area contributed by atoms with Gasteiger partial charge in [-0.25, -0.2) is 4.98 Å². The third-order valence-electron chi connectivity index (χ3n) is 4.44. The number of fused-ring (bicyclic) bond motifs is 1. The van der Waals surface area contributed by atoms with E-state index in [0.29, 0.717) is 28.6 Å². The van der Waals surface area contributed by atoms with Crippen molar-refractivity contribution in [3.63, 3.8) is 0 Å². The zero-order valence-corrected chi connectivity index (χ0v) is 17.2. The second-order valence-electron chi connectivity index (χ2n) is 6.80. The van der Waals surface area contributed by atoms with Crippen LogP contribution in [0.3, 0.4) is 0 Å². The summed E-state index contributed by atoms with van der Waals surface area (Å²) < 4.78 is 0. The van der Waals surface area contributed by atoms with Crippen molar-refractivity contribution in [1.82, 2.24) is 15.3 Å². The first-order chi connectivity index (χ1) is 13.0. The quantitative estimate of drug-likeness (QED) is 0.626. The summed E-state index contributed by atoms with van der Waals surface area (Å²) in [4.78, 5) is 32.7. The summed E-state index contributed by atoms with van der Waals surface area (Å²) in [5.74, 6) is 1.85. The number of nitrogens with zero attached hydrogens (tertiary/aromatic N) is 1. The molecular formula is C20H23N3O2S2. The van der Waals surface area contributed by atoms with Gasteiger partial charge in [0.1, 0.15) is 10.7 Å². The molecule has 3 aromatic rings. The predicted molar refractivity (Wildman–Crippen MR) is 114 cm³/mol. The van der Waals surface area contributed by atoms with E-state index in [1.54, 1.807) is 0 Å². The number of hydrogen-bond acceptors (Lipinski definition) is 5. The summed E-state index contributed by atoms with van der Waals surface area (Å²) in [6, 6.07) is 9.99. The van der Waals surface area contributed by atoms with Gasteiger partial charge in [0.2, 0.25) is 5.91 Å². The van der Waals surface area contributed by atoms with Crippen LogP contribution in [0.1, 0.15) is 26.6 Å². The summed E-state index contributed by atoms with van der Waals surface area (Å²) >= 11 is 2.92. The number of nitrogens with one attached hydrogen (secondary N) is 2. The molecule has 2 aromatic heterocycles. The Morgan fingerprint density at radius 3 is 2.70 bits per heavy atom. The van der Waals surface area contributed by atoms with E-state index in [4.69, 9.17) is 0 Å². The minimum atomic E-state index is -0.131. The third-order valence-corrected chi connectivity index (χ3v) is 6.25. The average molecular weight is 402 g/mol. The fourth-order valence-electron chi connectivity index (χ4n) is 2.59. The number of carbonyl (C=O) groups is 1. The van der Waals surface area contributed by atoms with Crippen molar-refractivity contribution in [3.8, 4) is 11.1 Å². The topological polar surface area (TPSA) is 74.8 Å². The van der Waals surface area contributed by atoms with E-state index < -0.39 is 0 Å². The van der Waals surface area contributed by atoms with Crippen molar-refractivity contribution in [3.05, 3.63) is 51.9 Å². The van der Waals surface area contributed by atoms with Crippen molar-refractivity contribution in [2.45, 2.75) is 32.6 Å². The zero-order chi connectivity index (χ0) is 19.4. The fourth-order valence-corrected chi connectivity index (χ4v) is 4.26. The van der Waals surface area contributed by atoms with Crippen LogP contribution in [0, 0.1) is 5.92 Å². The Hall–Kier alpha value is -2.12. The van der Waals surface area contributed by atoms with Crippen LogP contribution in [0.15, 0.2) is 40.5 Å². The van der Waals surface area contributed by atoms with Gasteiger partial charge in [-0.1, -0.05) is 44.2 Å². The van der Waals surface area contributed by atoms with E-state index in [0.717, 1.165) is 16.0 Å². The lowest BCUT2D eigenvalue weighted by molar-refractivity contribution is -0.119. The molecule has 0 unspecified atom stereocenters. The summed E-state index contributed by atoms with van der Waals surface area (Å²) in [5.41, 5.74) is 1.79. The van der Waals surface area contributed by atoms with Gasteiger partial charge in [0, 0.05) is 17.0 Å². The van der Waals surface area contributed by atoms with Gasteiger partial charge in [-0.15, -0.1) is 23.1 Å². The molecule has 0 aliphatic rings. The van der Waals surface area contributed by atoms with Crippen LogP contribution < -0.4 is 10.9 Å². The van der Waals surface area contributed by atoms with Crippen molar-refractivity contribution in [2.24, 2.45) is 5.92 Å². The number of thioether (sulfide) groups is 1. The molecular weight excluding hydrogens is 378 g/mol. The predicted octanol–water partition coefficient (Wildman–Crippen LogP) is 4.05. The SMILES string of the molecule is CC(C)[C@@H](C)NC(=O)CSCc1nc2scc(-c3ccccc3)c2c(=O)[nH]1. The number of amides is 1. The molecule has 0 saturated carbocycles. The highest BCUT2D eigenvalue weighted by Gasteiger charge is 2.14. The molecule has 7 heteroatoms. The van der Waals surface area contributed by atoms with Gasteiger partial charge in [-0.3, -0.25) is 9.59 Å². The molecule has 1 amide bonds. The smallest absolute Gasteiger partial charge is 0.260 e. The summed E-state index contributed by atoms with van der Waals surface area (Å²) in [7, 11) is 0. The Kier molecular flexibility index (Phi) is 6.34. The summed E-state index contributed by atoms with van der Waals surface area (Å²) in [6.45, 7) is 6.15. The van der Waals surface area contributed by atoms with Gasteiger partial charge in [-0.05, 0) is 18.4 Å².